The molecule has 0 spiro atoms. The van der Waals surface area contributed by atoms with Crippen LogP contribution in [0.25, 0.3) is 0 Å². The van der Waals surface area contributed by atoms with Gasteiger partial charge in [-0.15, -0.1) is 0 Å². The molecule has 5 nitrogen and oxygen atoms in total. The molecule has 0 bridgehead atoms. The van der Waals surface area contributed by atoms with Gasteiger partial charge in [-0.25, -0.2) is 0 Å². The Kier molecular flexibility index (Phi) is 5.40. The Morgan fingerprint density at radius 3 is 2.72 bits per heavy atom. The Morgan fingerprint density at radius 2 is 2.17 bits per heavy atom. The molecular formula is C12H16ClNO4. The number of hydrogen-bond acceptors (Lipinski definition) is 5. The fourth-order valence-corrected chi connectivity index (χ4v) is 1.85. The summed E-state index contributed by atoms with van der Waals surface area (Å²) in [6, 6.07) is 4.74. The van der Waals surface area contributed by atoms with Gasteiger partial charge < -0.3 is 20.7 Å². The van der Waals surface area contributed by atoms with E-state index in [9.17, 15) is 15.0 Å². The van der Waals surface area contributed by atoms with E-state index in [2.05, 4.69) is 4.74 Å². The second-order valence-corrected chi connectivity index (χ2v) is 4.17. The number of halogens is 1. The summed E-state index contributed by atoms with van der Waals surface area (Å²) in [7, 11) is 0. The number of carbonyl (C=O) groups excluding carboxylic acids is 1. The fourth-order valence-electron chi connectivity index (χ4n) is 1.56. The van der Waals surface area contributed by atoms with Crippen LogP contribution >= 0.6 is 11.6 Å². The number of nitrogen functional groups attached to an aromatic ring is 1. The molecule has 0 saturated carbocycles. The molecule has 0 fully saturated rings. The first kappa shape index (κ1) is 14.8. The SMILES string of the molecule is CCOC(=O)CC(O)C(O)c1c(N)cccc1Cl. The lowest BCUT2D eigenvalue weighted by Crippen LogP contribution is -2.24. The predicted molar refractivity (Wildman–Crippen MR) is 68.1 cm³/mol. The van der Waals surface area contributed by atoms with Crippen LogP contribution in [0.2, 0.25) is 5.02 Å². The summed E-state index contributed by atoms with van der Waals surface area (Å²) in [5.74, 6) is -0.588. The van der Waals surface area contributed by atoms with Gasteiger partial charge in [-0.05, 0) is 19.1 Å². The van der Waals surface area contributed by atoms with E-state index in [1.807, 2.05) is 0 Å². The van der Waals surface area contributed by atoms with Gasteiger partial charge in [-0.1, -0.05) is 17.7 Å². The lowest BCUT2D eigenvalue weighted by molar-refractivity contribution is -0.147. The first-order chi connectivity index (χ1) is 8.47. The molecule has 0 amide bonds. The van der Waals surface area contributed by atoms with Crippen molar-refractivity contribution in [2.45, 2.75) is 25.6 Å². The number of aliphatic hydroxyl groups is 2. The van der Waals surface area contributed by atoms with E-state index in [0.29, 0.717) is 0 Å². The van der Waals surface area contributed by atoms with E-state index >= 15 is 0 Å². The Balaban J connectivity index is 2.80. The largest absolute Gasteiger partial charge is 0.466 e. The highest BCUT2D eigenvalue weighted by Gasteiger charge is 2.25. The minimum absolute atomic E-state index is 0.218. The third kappa shape index (κ3) is 3.60. The quantitative estimate of drug-likeness (QED) is 0.555. The normalized spacial score (nSPS) is 14.0. The molecule has 0 aromatic heterocycles. The van der Waals surface area contributed by atoms with E-state index in [1.165, 1.54) is 0 Å². The zero-order chi connectivity index (χ0) is 13.7. The van der Waals surface area contributed by atoms with E-state index in [0.717, 1.165) is 0 Å². The molecule has 2 unspecified atom stereocenters. The van der Waals surface area contributed by atoms with Gasteiger partial charge in [0.2, 0.25) is 0 Å². The lowest BCUT2D eigenvalue weighted by atomic mass is 10.0. The average molecular weight is 274 g/mol. The second kappa shape index (κ2) is 6.58. The van der Waals surface area contributed by atoms with Crippen LogP contribution in [0, 0.1) is 0 Å². The van der Waals surface area contributed by atoms with Crippen molar-refractivity contribution in [2.24, 2.45) is 0 Å². The monoisotopic (exact) mass is 273 g/mol. The maximum Gasteiger partial charge on any atom is 0.308 e. The molecule has 0 saturated heterocycles. The van der Waals surface area contributed by atoms with Crippen LogP contribution in [-0.4, -0.2) is 28.9 Å². The molecule has 0 heterocycles. The van der Waals surface area contributed by atoms with Crippen molar-refractivity contribution >= 4 is 23.3 Å². The molecule has 0 radical (unpaired) electrons. The molecule has 0 aliphatic carbocycles. The van der Waals surface area contributed by atoms with Gasteiger partial charge in [0.25, 0.3) is 0 Å². The smallest absolute Gasteiger partial charge is 0.308 e. The van der Waals surface area contributed by atoms with Gasteiger partial charge >= 0.3 is 5.97 Å². The number of hydrogen-bond donors (Lipinski definition) is 3. The van der Waals surface area contributed by atoms with Crippen LogP contribution < -0.4 is 5.73 Å². The van der Waals surface area contributed by atoms with Crippen LogP contribution in [0.1, 0.15) is 25.0 Å². The first-order valence-corrected chi connectivity index (χ1v) is 5.90. The summed E-state index contributed by atoms with van der Waals surface area (Å²) >= 11 is 5.90. The zero-order valence-corrected chi connectivity index (χ0v) is 10.7. The summed E-state index contributed by atoms with van der Waals surface area (Å²) in [5, 5.41) is 19.9. The van der Waals surface area contributed by atoms with Gasteiger partial charge in [-0.3, -0.25) is 4.79 Å². The molecule has 4 N–H and O–H groups in total. The van der Waals surface area contributed by atoms with Gasteiger partial charge in [0, 0.05) is 16.3 Å². The maximum absolute atomic E-state index is 11.2. The number of ether oxygens (including phenoxy) is 1. The third-order valence-electron chi connectivity index (χ3n) is 2.43. The van der Waals surface area contributed by atoms with Gasteiger partial charge in [0.15, 0.2) is 0 Å². The van der Waals surface area contributed by atoms with Crippen molar-refractivity contribution in [1.29, 1.82) is 0 Å². The van der Waals surface area contributed by atoms with E-state index in [4.69, 9.17) is 17.3 Å². The fraction of sp³-hybridized carbons (Fsp3) is 0.417. The van der Waals surface area contributed by atoms with E-state index < -0.39 is 18.2 Å². The van der Waals surface area contributed by atoms with Crippen molar-refractivity contribution in [1.82, 2.24) is 0 Å². The van der Waals surface area contributed by atoms with Crippen molar-refractivity contribution < 1.29 is 19.7 Å². The van der Waals surface area contributed by atoms with Crippen molar-refractivity contribution in [3.05, 3.63) is 28.8 Å². The van der Waals surface area contributed by atoms with E-state index in [-0.39, 0.29) is 29.3 Å². The summed E-state index contributed by atoms with van der Waals surface area (Å²) in [6.45, 7) is 1.88. The maximum atomic E-state index is 11.2. The number of aliphatic hydroxyl groups excluding tert-OH is 2. The average Bonchev–Trinajstić information content (AvgIpc) is 2.28. The van der Waals surface area contributed by atoms with Crippen molar-refractivity contribution in [3.63, 3.8) is 0 Å². The highest BCUT2D eigenvalue weighted by molar-refractivity contribution is 6.31. The molecule has 18 heavy (non-hydrogen) atoms. The molecule has 100 valence electrons. The van der Waals surface area contributed by atoms with E-state index in [1.54, 1.807) is 25.1 Å². The minimum atomic E-state index is -1.33. The van der Waals surface area contributed by atoms with Crippen molar-refractivity contribution in [3.8, 4) is 0 Å². The van der Waals surface area contributed by atoms with Gasteiger partial charge in [0.1, 0.15) is 6.10 Å². The Hall–Kier alpha value is -1.30. The Bertz CT molecular complexity index is 404. The number of carbonyl (C=O) groups is 1. The summed E-state index contributed by atoms with van der Waals surface area (Å²) in [6.07, 6.45) is -2.96. The van der Waals surface area contributed by atoms with Crippen LogP contribution in [0.3, 0.4) is 0 Å². The summed E-state index contributed by atoms with van der Waals surface area (Å²) < 4.78 is 4.68. The molecular weight excluding hydrogens is 258 g/mol. The number of rotatable bonds is 5. The number of esters is 1. The minimum Gasteiger partial charge on any atom is -0.466 e. The topological polar surface area (TPSA) is 92.8 Å². The second-order valence-electron chi connectivity index (χ2n) is 3.76. The van der Waals surface area contributed by atoms with Crippen LogP contribution in [0.15, 0.2) is 18.2 Å². The van der Waals surface area contributed by atoms with Crippen LogP contribution in [-0.2, 0) is 9.53 Å². The molecule has 1 aromatic carbocycles. The molecule has 1 aromatic rings. The molecule has 0 aliphatic rings. The molecule has 1 rings (SSSR count). The van der Waals surface area contributed by atoms with Crippen molar-refractivity contribution in [2.75, 3.05) is 12.3 Å². The predicted octanol–water partition coefficient (Wildman–Crippen LogP) is 1.27. The molecule has 0 aliphatic heterocycles. The summed E-state index contributed by atoms with van der Waals surface area (Å²) in [4.78, 5) is 11.2. The van der Waals surface area contributed by atoms with Gasteiger partial charge in [-0.2, -0.15) is 0 Å². The zero-order valence-electron chi connectivity index (χ0n) is 9.97. The standard InChI is InChI=1S/C12H16ClNO4/c1-2-18-10(16)6-9(15)12(17)11-7(13)4-3-5-8(11)14/h3-5,9,12,15,17H,2,6,14H2,1H3. The highest BCUT2D eigenvalue weighted by atomic mass is 35.5. The lowest BCUT2D eigenvalue weighted by Gasteiger charge is -2.20. The van der Waals surface area contributed by atoms with Crippen LogP contribution in [0.4, 0.5) is 5.69 Å². The number of benzene rings is 1. The third-order valence-corrected chi connectivity index (χ3v) is 2.76. The molecule has 6 heteroatoms. The summed E-state index contributed by atoms with van der Waals surface area (Å²) in [5.41, 5.74) is 6.16. The Labute approximate surface area is 110 Å². The number of anilines is 1. The highest BCUT2D eigenvalue weighted by Crippen LogP contribution is 2.31. The molecule has 2 atom stereocenters. The Morgan fingerprint density at radius 1 is 1.50 bits per heavy atom. The van der Waals surface area contributed by atoms with Gasteiger partial charge in [0.05, 0.1) is 19.1 Å². The first-order valence-electron chi connectivity index (χ1n) is 5.53. The number of nitrogens with two attached hydrogens (primary N) is 1. The van der Waals surface area contributed by atoms with Crippen LogP contribution in [0.5, 0.6) is 0 Å².